The number of carbonyl (C=O) groups is 2. The van der Waals surface area contributed by atoms with Gasteiger partial charge in [0.15, 0.2) is 11.0 Å². The van der Waals surface area contributed by atoms with E-state index in [1.54, 1.807) is 23.3 Å². The van der Waals surface area contributed by atoms with Gasteiger partial charge in [0.1, 0.15) is 0 Å². The molecule has 0 saturated carbocycles. The summed E-state index contributed by atoms with van der Waals surface area (Å²) in [4.78, 5) is 26.3. The molecule has 3 rings (SSSR count). The van der Waals surface area contributed by atoms with Gasteiger partial charge in [0, 0.05) is 25.7 Å². The third kappa shape index (κ3) is 4.75. The fourth-order valence-electron chi connectivity index (χ4n) is 2.43. The van der Waals surface area contributed by atoms with E-state index < -0.39 is 5.91 Å². The molecule has 0 aliphatic rings. The van der Waals surface area contributed by atoms with E-state index in [9.17, 15) is 9.59 Å². The van der Waals surface area contributed by atoms with E-state index in [0.717, 1.165) is 10.6 Å². The maximum Gasteiger partial charge on any atom is 0.237 e. The number of thiophene rings is 1. The molecule has 1 aromatic carbocycles. The summed E-state index contributed by atoms with van der Waals surface area (Å²) in [5.41, 5.74) is 6.13. The molecule has 0 spiro atoms. The minimum atomic E-state index is -0.392. The van der Waals surface area contributed by atoms with E-state index in [4.69, 9.17) is 5.73 Å². The maximum atomic E-state index is 12.5. The van der Waals surface area contributed by atoms with Crippen molar-refractivity contribution in [2.24, 2.45) is 5.73 Å². The van der Waals surface area contributed by atoms with Crippen LogP contribution >= 0.6 is 23.1 Å². The Morgan fingerprint density at radius 3 is 2.63 bits per heavy atom. The van der Waals surface area contributed by atoms with E-state index in [1.165, 1.54) is 11.8 Å². The highest BCUT2D eigenvalue weighted by Crippen LogP contribution is 2.28. The summed E-state index contributed by atoms with van der Waals surface area (Å²) < 4.78 is 1.84. The molecule has 0 aliphatic carbocycles. The number of thioether (sulfide) groups is 1. The Kier molecular flexibility index (Phi) is 6.25. The van der Waals surface area contributed by atoms with Crippen LogP contribution in [0, 0.1) is 0 Å². The lowest BCUT2D eigenvalue weighted by molar-refractivity contribution is -0.118. The lowest BCUT2D eigenvalue weighted by Gasteiger charge is -2.17. The van der Waals surface area contributed by atoms with Gasteiger partial charge < -0.3 is 15.2 Å². The van der Waals surface area contributed by atoms with Gasteiger partial charge in [-0.2, -0.15) is 0 Å². The molecule has 0 atom stereocenters. The van der Waals surface area contributed by atoms with Crippen LogP contribution < -0.4 is 10.6 Å². The molecule has 9 heteroatoms. The number of primary amides is 1. The SMILES string of the molecule is CN(C(=O)CSc1nnc(-c2cccs2)n1CCC(N)=O)c1ccccc1. The van der Waals surface area contributed by atoms with Crippen LogP contribution in [-0.2, 0) is 16.1 Å². The highest BCUT2D eigenvalue weighted by Gasteiger charge is 2.18. The van der Waals surface area contributed by atoms with Crippen molar-refractivity contribution in [3.8, 4) is 10.7 Å². The zero-order chi connectivity index (χ0) is 19.2. The molecular weight excluding hydrogens is 382 g/mol. The molecule has 0 fully saturated rings. The Morgan fingerprint density at radius 2 is 1.96 bits per heavy atom. The smallest absolute Gasteiger partial charge is 0.237 e. The predicted octanol–water partition coefficient (Wildman–Crippen LogP) is 2.64. The number of benzene rings is 1. The van der Waals surface area contributed by atoms with Crippen molar-refractivity contribution in [2.45, 2.75) is 18.1 Å². The van der Waals surface area contributed by atoms with Crippen molar-refractivity contribution < 1.29 is 9.59 Å². The highest BCUT2D eigenvalue weighted by molar-refractivity contribution is 7.99. The zero-order valence-corrected chi connectivity index (χ0v) is 16.4. The predicted molar refractivity (Wildman–Crippen MR) is 108 cm³/mol. The summed E-state index contributed by atoms with van der Waals surface area (Å²) in [6.45, 7) is 0.376. The summed E-state index contributed by atoms with van der Waals surface area (Å²) >= 11 is 2.84. The first-order chi connectivity index (χ1) is 13.1. The van der Waals surface area contributed by atoms with E-state index in [-0.39, 0.29) is 18.1 Å². The largest absolute Gasteiger partial charge is 0.370 e. The van der Waals surface area contributed by atoms with Crippen molar-refractivity contribution in [1.29, 1.82) is 0 Å². The van der Waals surface area contributed by atoms with Crippen LogP contribution in [0.25, 0.3) is 10.7 Å². The molecule has 3 aromatic rings. The number of aromatic nitrogens is 3. The van der Waals surface area contributed by atoms with Crippen LogP contribution in [-0.4, -0.2) is 39.4 Å². The van der Waals surface area contributed by atoms with Crippen LogP contribution in [0.2, 0.25) is 0 Å². The van der Waals surface area contributed by atoms with Crippen molar-refractivity contribution >= 4 is 40.6 Å². The van der Waals surface area contributed by atoms with Crippen LogP contribution in [0.5, 0.6) is 0 Å². The number of hydrogen-bond donors (Lipinski definition) is 1. The Bertz CT molecular complexity index is 909. The van der Waals surface area contributed by atoms with Crippen LogP contribution in [0.4, 0.5) is 5.69 Å². The molecule has 2 amide bonds. The lowest BCUT2D eigenvalue weighted by Crippen LogP contribution is -2.28. The minimum absolute atomic E-state index is 0.0478. The Balaban J connectivity index is 1.74. The summed E-state index contributed by atoms with van der Waals surface area (Å²) in [7, 11) is 1.74. The fraction of sp³-hybridized carbons (Fsp3) is 0.222. The van der Waals surface area contributed by atoms with Gasteiger partial charge in [-0.1, -0.05) is 36.0 Å². The topological polar surface area (TPSA) is 94.1 Å². The van der Waals surface area contributed by atoms with E-state index in [0.29, 0.717) is 17.5 Å². The molecule has 0 bridgehead atoms. The second-order valence-electron chi connectivity index (χ2n) is 5.73. The molecule has 0 radical (unpaired) electrons. The molecule has 27 heavy (non-hydrogen) atoms. The Morgan fingerprint density at radius 1 is 1.19 bits per heavy atom. The third-order valence-corrected chi connectivity index (χ3v) is 5.70. The van der Waals surface area contributed by atoms with E-state index in [2.05, 4.69) is 10.2 Å². The van der Waals surface area contributed by atoms with Crippen molar-refractivity contribution in [1.82, 2.24) is 14.8 Å². The monoisotopic (exact) mass is 401 g/mol. The molecule has 0 unspecified atom stereocenters. The summed E-state index contributed by atoms with van der Waals surface area (Å²) in [5.74, 6) is 0.451. The molecule has 0 aliphatic heterocycles. The lowest BCUT2D eigenvalue weighted by atomic mass is 10.3. The highest BCUT2D eigenvalue weighted by atomic mass is 32.2. The third-order valence-electron chi connectivity index (χ3n) is 3.88. The number of nitrogens with two attached hydrogens (primary N) is 1. The number of hydrogen-bond acceptors (Lipinski definition) is 6. The number of para-hydroxylation sites is 1. The molecule has 2 aromatic heterocycles. The van der Waals surface area contributed by atoms with Gasteiger partial charge in [0.05, 0.1) is 10.6 Å². The van der Waals surface area contributed by atoms with Gasteiger partial charge in [-0.25, -0.2) is 0 Å². The van der Waals surface area contributed by atoms with E-state index >= 15 is 0 Å². The molecule has 2 N–H and O–H groups in total. The average molecular weight is 402 g/mol. The molecule has 2 heterocycles. The first-order valence-electron chi connectivity index (χ1n) is 8.26. The Labute approximate surface area is 165 Å². The van der Waals surface area contributed by atoms with Gasteiger partial charge in [-0.15, -0.1) is 21.5 Å². The number of amides is 2. The van der Waals surface area contributed by atoms with Crippen LogP contribution in [0.1, 0.15) is 6.42 Å². The van der Waals surface area contributed by atoms with Gasteiger partial charge in [-0.3, -0.25) is 9.59 Å². The molecule has 140 valence electrons. The normalized spacial score (nSPS) is 10.7. The summed E-state index contributed by atoms with van der Waals surface area (Å²) in [6.07, 6.45) is 0.182. The van der Waals surface area contributed by atoms with Crippen LogP contribution in [0.3, 0.4) is 0 Å². The van der Waals surface area contributed by atoms with Crippen molar-refractivity contribution in [3.05, 3.63) is 47.8 Å². The van der Waals surface area contributed by atoms with Gasteiger partial charge in [0.2, 0.25) is 11.8 Å². The molecule has 0 saturated heterocycles. The van der Waals surface area contributed by atoms with Gasteiger partial charge in [0.25, 0.3) is 0 Å². The van der Waals surface area contributed by atoms with Crippen molar-refractivity contribution in [3.63, 3.8) is 0 Å². The average Bonchev–Trinajstić information content (AvgIpc) is 3.33. The first-order valence-corrected chi connectivity index (χ1v) is 10.1. The summed E-state index contributed by atoms with van der Waals surface area (Å²) in [5, 5.41) is 11.0. The van der Waals surface area contributed by atoms with Gasteiger partial charge >= 0.3 is 0 Å². The van der Waals surface area contributed by atoms with Crippen LogP contribution in [0.15, 0.2) is 53.0 Å². The van der Waals surface area contributed by atoms with E-state index in [1.807, 2.05) is 52.4 Å². The minimum Gasteiger partial charge on any atom is -0.370 e. The number of rotatable bonds is 8. The standard InChI is InChI=1S/C18H19N5O2S2/c1-22(13-6-3-2-4-7-13)16(25)12-27-18-21-20-17(14-8-5-11-26-14)23(18)10-9-15(19)24/h2-8,11H,9-10,12H2,1H3,(H2,19,24). The van der Waals surface area contributed by atoms with Crippen molar-refractivity contribution in [2.75, 3.05) is 17.7 Å². The first kappa shape index (κ1) is 19.1. The van der Waals surface area contributed by atoms with Gasteiger partial charge in [-0.05, 0) is 23.6 Å². The zero-order valence-electron chi connectivity index (χ0n) is 14.7. The molecular formula is C18H19N5O2S2. The second kappa shape index (κ2) is 8.83. The number of nitrogens with zero attached hydrogens (tertiary/aromatic N) is 4. The number of carbonyl (C=O) groups excluding carboxylic acids is 2. The Hall–Kier alpha value is -2.65. The fourth-order valence-corrected chi connectivity index (χ4v) is 4.02. The molecule has 7 nitrogen and oxygen atoms in total. The maximum absolute atomic E-state index is 12.5. The second-order valence-corrected chi connectivity index (χ2v) is 7.62. The number of anilines is 1. The summed E-state index contributed by atoms with van der Waals surface area (Å²) in [6, 6.07) is 13.3. The quantitative estimate of drug-likeness (QED) is 0.586.